The molecule has 0 saturated carbocycles. The van der Waals surface area contributed by atoms with Crippen LogP contribution in [-0.4, -0.2) is 20.2 Å². The molecule has 0 heterocycles. The van der Waals surface area contributed by atoms with E-state index in [1.807, 2.05) is 19.1 Å². The minimum absolute atomic E-state index is 0.205. The highest BCUT2D eigenvalue weighted by Crippen LogP contribution is 2.24. The van der Waals surface area contributed by atoms with Gasteiger partial charge in [0.05, 0.1) is 16.3 Å². The van der Waals surface area contributed by atoms with Crippen LogP contribution in [-0.2, 0) is 9.84 Å². The number of benzene rings is 1. The molecule has 21 heavy (non-hydrogen) atoms. The molecule has 1 N–H and O–H groups in total. The molecule has 4 heteroatoms. The van der Waals surface area contributed by atoms with Crippen molar-refractivity contribution in [3.05, 3.63) is 24.3 Å². The summed E-state index contributed by atoms with van der Waals surface area (Å²) >= 11 is 0. The van der Waals surface area contributed by atoms with Crippen LogP contribution in [0.25, 0.3) is 0 Å². The Morgan fingerprint density at radius 2 is 1.76 bits per heavy atom. The van der Waals surface area contributed by atoms with E-state index in [0.717, 1.165) is 12.1 Å². The summed E-state index contributed by atoms with van der Waals surface area (Å²) in [5.74, 6) is 0.205. The van der Waals surface area contributed by atoms with Crippen LogP contribution in [0.3, 0.4) is 0 Å². The first-order chi connectivity index (χ1) is 10.0. The molecule has 1 atom stereocenters. The molecule has 1 aromatic rings. The fourth-order valence-corrected chi connectivity index (χ4v) is 3.96. The van der Waals surface area contributed by atoms with Crippen molar-refractivity contribution in [3.8, 4) is 0 Å². The zero-order valence-corrected chi connectivity index (χ0v) is 14.4. The highest BCUT2D eigenvalue weighted by Gasteiger charge is 2.18. The van der Waals surface area contributed by atoms with Crippen LogP contribution in [0.2, 0.25) is 0 Å². The van der Waals surface area contributed by atoms with Crippen LogP contribution < -0.4 is 5.32 Å². The lowest BCUT2D eigenvalue weighted by Crippen LogP contribution is -2.18. The molecule has 0 bridgehead atoms. The largest absolute Gasteiger partial charge is 0.382 e. The lowest BCUT2D eigenvalue weighted by Gasteiger charge is -2.18. The third-order valence-corrected chi connectivity index (χ3v) is 5.56. The first kappa shape index (κ1) is 18.0. The summed E-state index contributed by atoms with van der Waals surface area (Å²) in [5.41, 5.74) is 0.744. The van der Waals surface area contributed by atoms with Crippen LogP contribution in [0.5, 0.6) is 0 Å². The van der Waals surface area contributed by atoms with Gasteiger partial charge in [-0.05, 0) is 31.9 Å². The first-order valence-electron chi connectivity index (χ1n) is 8.09. The fraction of sp³-hybridized carbons (Fsp3) is 0.647. The van der Waals surface area contributed by atoms with Crippen LogP contribution >= 0.6 is 0 Å². The third kappa shape index (κ3) is 6.08. The standard InChI is InChI=1S/C17H29NO2S/c1-4-6-7-8-11-15(3)18-16-12-9-10-13-17(16)21(19,20)14-5-2/h9-10,12-13,15,18H,4-8,11,14H2,1-3H3. The molecule has 0 amide bonds. The van der Waals surface area contributed by atoms with E-state index < -0.39 is 9.84 Å². The Labute approximate surface area is 130 Å². The SMILES string of the molecule is CCCCCCC(C)Nc1ccccc1S(=O)(=O)CCC. The van der Waals surface area contributed by atoms with E-state index in [1.165, 1.54) is 25.7 Å². The van der Waals surface area contributed by atoms with Crippen LogP contribution in [0.1, 0.15) is 59.3 Å². The van der Waals surface area contributed by atoms with Gasteiger partial charge in [0.25, 0.3) is 0 Å². The van der Waals surface area contributed by atoms with Gasteiger partial charge in [0.15, 0.2) is 9.84 Å². The highest BCUT2D eigenvalue weighted by atomic mass is 32.2. The first-order valence-corrected chi connectivity index (χ1v) is 9.74. The predicted molar refractivity (Wildman–Crippen MR) is 90.6 cm³/mol. The van der Waals surface area contributed by atoms with Gasteiger partial charge in [-0.25, -0.2) is 8.42 Å². The molecular weight excluding hydrogens is 282 g/mol. The van der Waals surface area contributed by atoms with Gasteiger partial charge < -0.3 is 5.32 Å². The monoisotopic (exact) mass is 311 g/mol. The molecule has 1 unspecified atom stereocenters. The molecule has 0 aliphatic heterocycles. The van der Waals surface area contributed by atoms with Crippen LogP contribution in [0.4, 0.5) is 5.69 Å². The maximum absolute atomic E-state index is 12.3. The molecule has 1 rings (SSSR count). The number of para-hydroxylation sites is 1. The van der Waals surface area contributed by atoms with Crippen molar-refractivity contribution in [2.24, 2.45) is 0 Å². The normalized spacial score (nSPS) is 13.1. The van der Waals surface area contributed by atoms with Gasteiger partial charge in [-0.3, -0.25) is 0 Å². The van der Waals surface area contributed by atoms with Crippen molar-refractivity contribution in [1.29, 1.82) is 0 Å². The fourth-order valence-electron chi connectivity index (χ4n) is 2.45. The van der Waals surface area contributed by atoms with Gasteiger partial charge in [0.1, 0.15) is 0 Å². The maximum Gasteiger partial charge on any atom is 0.180 e. The van der Waals surface area contributed by atoms with E-state index in [4.69, 9.17) is 0 Å². The van der Waals surface area contributed by atoms with E-state index >= 15 is 0 Å². The highest BCUT2D eigenvalue weighted by molar-refractivity contribution is 7.91. The van der Waals surface area contributed by atoms with E-state index in [2.05, 4.69) is 19.2 Å². The molecule has 0 spiro atoms. The van der Waals surface area contributed by atoms with Gasteiger partial charge in [-0.1, -0.05) is 51.7 Å². The van der Waals surface area contributed by atoms with E-state index in [-0.39, 0.29) is 5.75 Å². The molecule has 3 nitrogen and oxygen atoms in total. The van der Waals surface area contributed by atoms with Crippen molar-refractivity contribution in [2.75, 3.05) is 11.1 Å². The summed E-state index contributed by atoms with van der Waals surface area (Å²) in [7, 11) is -3.18. The van der Waals surface area contributed by atoms with Crippen LogP contribution in [0.15, 0.2) is 29.2 Å². The van der Waals surface area contributed by atoms with Crippen molar-refractivity contribution in [3.63, 3.8) is 0 Å². The lowest BCUT2D eigenvalue weighted by molar-refractivity contribution is 0.589. The van der Waals surface area contributed by atoms with Gasteiger partial charge >= 0.3 is 0 Å². The lowest BCUT2D eigenvalue weighted by atomic mass is 10.1. The molecule has 0 fully saturated rings. The Bertz CT molecular complexity index is 511. The summed E-state index contributed by atoms with van der Waals surface area (Å²) in [6, 6.07) is 7.54. The average Bonchev–Trinajstić information content (AvgIpc) is 2.44. The Morgan fingerprint density at radius 3 is 2.43 bits per heavy atom. The Kier molecular flexibility index (Phi) is 7.79. The number of hydrogen-bond acceptors (Lipinski definition) is 3. The van der Waals surface area contributed by atoms with Gasteiger partial charge in [0, 0.05) is 6.04 Å². The molecule has 0 aromatic heterocycles. The van der Waals surface area contributed by atoms with Crippen LogP contribution in [0, 0.1) is 0 Å². The maximum atomic E-state index is 12.3. The number of nitrogens with one attached hydrogen (secondary N) is 1. The zero-order chi connectivity index (χ0) is 15.7. The average molecular weight is 311 g/mol. The summed E-state index contributed by atoms with van der Waals surface area (Å²) < 4.78 is 24.6. The third-order valence-electron chi connectivity index (χ3n) is 3.59. The molecule has 0 aliphatic rings. The second-order valence-corrected chi connectivity index (χ2v) is 7.79. The molecular formula is C17H29NO2S. The van der Waals surface area contributed by atoms with Gasteiger partial charge in [-0.2, -0.15) is 0 Å². The van der Waals surface area contributed by atoms with Crippen molar-refractivity contribution in [1.82, 2.24) is 0 Å². The number of sulfone groups is 1. The minimum atomic E-state index is -3.18. The van der Waals surface area contributed by atoms with E-state index in [1.54, 1.807) is 12.1 Å². The summed E-state index contributed by atoms with van der Waals surface area (Å²) in [6.45, 7) is 6.22. The summed E-state index contributed by atoms with van der Waals surface area (Å²) in [6.07, 6.45) is 6.66. The second kappa shape index (κ2) is 9.08. The Hall–Kier alpha value is -1.03. The smallest absolute Gasteiger partial charge is 0.180 e. The van der Waals surface area contributed by atoms with E-state index in [9.17, 15) is 8.42 Å². The van der Waals surface area contributed by atoms with E-state index in [0.29, 0.717) is 17.4 Å². The minimum Gasteiger partial charge on any atom is -0.382 e. The number of hydrogen-bond donors (Lipinski definition) is 1. The molecule has 0 saturated heterocycles. The Morgan fingerprint density at radius 1 is 1.05 bits per heavy atom. The summed E-state index contributed by atoms with van der Waals surface area (Å²) in [4.78, 5) is 0.437. The molecule has 1 aromatic carbocycles. The quantitative estimate of drug-likeness (QED) is 0.640. The number of rotatable bonds is 10. The molecule has 120 valence electrons. The van der Waals surface area contributed by atoms with Crippen molar-refractivity contribution >= 4 is 15.5 Å². The second-order valence-electron chi connectivity index (χ2n) is 5.71. The van der Waals surface area contributed by atoms with Gasteiger partial charge in [-0.15, -0.1) is 0 Å². The predicted octanol–water partition coefficient (Wildman–Crippen LogP) is 4.64. The summed E-state index contributed by atoms with van der Waals surface area (Å²) in [5, 5.41) is 3.37. The van der Waals surface area contributed by atoms with Gasteiger partial charge in [0.2, 0.25) is 0 Å². The molecule has 0 radical (unpaired) electrons. The molecule has 0 aliphatic carbocycles. The zero-order valence-electron chi connectivity index (χ0n) is 13.6. The number of anilines is 1. The number of unbranched alkanes of at least 4 members (excludes halogenated alkanes) is 3. The Balaban J connectivity index is 2.71. The van der Waals surface area contributed by atoms with Crippen molar-refractivity contribution < 1.29 is 8.42 Å². The van der Waals surface area contributed by atoms with Crippen molar-refractivity contribution in [2.45, 2.75) is 70.2 Å². The topological polar surface area (TPSA) is 46.2 Å².